The van der Waals surface area contributed by atoms with Gasteiger partial charge in [0.05, 0.1) is 18.9 Å². The summed E-state index contributed by atoms with van der Waals surface area (Å²) in [6, 6.07) is 7.40. The van der Waals surface area contributed by atoms with Crippen LogP contribution in [0.25, 0.3) is 11.3 Å². The van der Waals surface area contributed by atoms with Crippen LogP contribution in [0.15, 0.2) is 24.3 Å². The molecule has 0 radical (unpaired) electrons. The summed E-state index contributed by atoms with van der Waals surface area (Å²) in [5, 5.41) is 15.4. The number of aromatic amines is 1. The Morgan fingerprint density at radius 2 is 2.29 bits per heavy atom. The monoisotopic (exact) mass is 230 g/mol. The highest BCUT2D eigenvalue weighted by molar-refractivity contribution is 5.87. The van der Waals surface area contributed by atoms with Gasteiger partial charge in [0.2, 0.25) is 0 Å². The summed E-state index contributed by atoms with van der Waals surface area (Å²) in [4.78, 5) is 10.8. The van der Waals surface area contributed by atoms with E-state index in [1.165, 1.54) is 6.07 Å². The minimum Gasteiger partial charge on any atom is -0.477 e. The highest BCUT2D eigenvalue weighted by atomic mass is 16.5. The molecule has 0 unspecified atom stereocenters. The molecule has 0 spiro atoms. The van der Waals surface area contributed by atoms with Crippen LogP contribution < -0.4 is 0 Å². The first kappa shape index (κ1) is 10.0. The van der Waals surface area contributed by atoms with Crippen LogP contribution in [0.3, 0.4) is 0 Å². The van der Waals surface area contributed by atoms with E-state index < -0.39 is 5.97 Å². The molecule has 0 aliphatic carbocycles. The molecule has 0 saturated heterocycles. The number of aromatic nitrogens is 2. The smallest absolute Gasteiger partial charge is 0.353 e. The maximum absolute atomic E-state index is 10.8. The van der Waals surface area contributed by atoms with Crippen molar-refractivity contribution in [2.75, 3.05) is 0 Å². The largest absolute Gasteiger partial charge is 0.477 e. The van der Waals surface area contributed by atoms with Gasteiger partial charge in [-0.15, -0.1) is 0 Å². The molecule has 2 aromatic rings. The molecule has 0 fully saturated rings. The zero-order chi connectivity index (χ0) is 11.8. The van der Waals surface area contributed by atoms with Gasteiger partial charge < -0.3 is 9.84 Å². The third kappa shape index (κ3) is 1.60. The first-order valence-electron chi connectivity index (χ1n) is 5.23. The third-order valence-electron chi connectivity index (χ3n) is 2.86. The molecule has 1 aromatic carbocycles. The average molecular weight is 230 g/mol. The molecule has 17 heavy (non-hydrogen) atoms. The molecule has 86 valence electrons. The molecule has 2 heterocycles. The van der Waals surface area contributed by atoms with E-state index in [9.17, 15) is 4.79 Å². The van der Waals surface area contributed by atoms with E-state index in [-0.39, 0.29) is 5.69 Å². The quantitative estimate of drug-likeness (QED) is 0.824. The number of nitrogens with zero attached hydrogens (tertiary/aromatic N) is 1. The third-order valence-corrected chi connectivity index (χ3v) is 2.86. The second-order valence-electron chi connectivity index (χ2n) is 3.91. The lowest BCUT2D eigenvalue weighted by Crippen LogP contribution is -1.95. The second kappa shape index (κ2) is 3.71. The van der Waals surface area contributed by atoms with Crippen LogP contribution in [0.4, 0.5) is 0 Å². The minimum absolute atomic E-state index is 0.0940. The molecular weight excluding hydrogens is 220 g/mol. The van der Waals surface area contributed by atoms with E-state index in [2.05, 4.69) is 10.2 Å². The Balaban J connectivity index is 2.09. The first-order chi connectivity index (χ1) is 8.25. The Morgan fingerprint density at radius 1 is 1.41 bits per heavy atom. The normalized spacial score (nSPS) is 13.6. The topological polar surface area (TPSA) is 75.2 Å². The fourth-order valence-electron chi connectivity index (χ4n) is 2.01. The van der Waals surface area contributed by atoms with Crippen LogP contribution in [-0.4, -0.2) is 21.3 Å². The van der Waals surface area contributed by atoms with Crippen molar-refractivity contribution in [2.24, 2.45) is 0 Å². The van der Waals surface area contributed by atoms with E-state index in [1.807, 2.05) is 18.2 Å². The standard InChI is InChI=1S/C12H10N2O3/c15-12(16)11-4-10(13-14-11)8-3-1-2-7-5-17-6-9(7)8/h1-4H,5-6H2,(H,13,14)(H,15,16). The van der Waals surface area contributed by atoms with Gasteiger partial charge in [0, 0.05) is 5.56 Å². The summed E-state index contributed by atoms with van der Waals surface area (Å²) >= 11 is 0. The van der Waals surface area contributed by atoms with Gasteiger partial charge in [-0.1, -0.05) is 18.2 Å². The van der Waals surface area contributed by atoms with E-state index in [4.69, 9.17) is 9.84 Å². The number of fused-ring (bicyclic) bond motifs is 1. The van der Waals surface area contributed by atoms with E-state index in [0.29, 0.717) is 18.9 Å². The molecule has 0 bridgehead atoms. The number of benzene rings is 1. The highest BCUT2D eigenvalue weighted by Gasteiger charge is 2.18. The van der Waals surface area contributed by atoms with Crippen LogP contribution >= 0.6 is 0 Å². The first-order valence-corrected chi connectivity index (χ1v) is 5.23. The zero-order valence-corrected chi connectivity index (χ0v) is 8.93. The maximum Gasteiger partial charge on any atom is 0.353 e. The van der Waals surface area contributed by atoms with Gasteiger partial charge in [0.15, 0.2) is 0 Å². The number of hydrogen-bond acceptors (Lipinski definition) is 3. The van der Waals surface area contributed by atoms with Gasteiger partial charge in [0.1, 0.15) is 5.69 Å². The zero-order valence-electron chi connectivity index (χ0n) is 8.93. The Morgan fingerprint density at radius 3 is 3.06 bits per heavy atom. The molecule has 1 aromatic heterocycles. The molecule has 0 atom stereocenters. The number of ether oxygens (including phenoxy) is 1. The van der Waals surface area contributed by atoms with Crippen molar-refractivity contribution >= 4 is 5.97 Å². The number of aromatic carboxylic acids is 1. The molecule has 2 N–H and O–H groups in total. The summed E-state index contributed by atoms with van der Waals surface area (Å²) in [6.07, 6.45) is 0. The van der Waals surface area contributed by atoms with E-state index in [0.717, 1.165) is 16.7 Å². The van der Waals surface area contributed by atoms with E-state index >= 15 is 0 Å². The summed E-state index contributed by atoms with van der Waals surface area (Å²) in [7, 11) is 0. The molecule has 0 saturated carbocycles. The molecule has 5 nitrogen and oxygen atoms in total. The average Bonchev–Trinajstić information content (AvgIpc) is 2.97. The number of H-pyrrole nitrogens is 1. The van der Waals surface area contributed by atoms with Crippen molar-refractivity contribution in [3.05, 3.63) is 41.1 Å². The molecule has 1 aliphatic heterocycles. The SMILES string of the molecule is O=C(O)c1cc(-c2cccc3c2COC3)n[nH]1. The van der Waals surface area contributed by atoms with Crippen molar-refractivity contribution in [1.82, 2.24) is 10.2 Å². The lowest BCUT2D eigenvalue weighted by atomic mass is 10.0. The Hall–Kier alpha value is -2.14. The lowest BCUT2D eigenvalue weighted by Gasteiger charge is -2.02. The molecular formula is C12H10N2O3. The van der Waals surface area contributed by atoms with Crippen molar-refractivity contribution in [3.63, 3.8) is 0 Å². The molecule has 1 aliphatic rings. The fourth-order valence-corrected chi connectivity index (χ4v) is 2.01. The predicted molar refractivity (Wildman–Crippen MR) is 59.5 cm³/mol. The number of carboxylic acid groups (broad SMARTS) is 1. The van der Waals surface area contributed by atoms with Crippen LogP contribution in [0, 0.1) is 0 Å². The van der Waals surface area contributed by atoms with Crippen molar-refractivity contribution in [1.29, 1.82) is 0 Å². The van der Waals surface area contributed by atoms with Gasteiger partial charge in [0.25, 0.3) is 0 Å². The minimum atomic E-state index is -1.01. The summed E-state index contributed by atoms with van der Waals surface area (Å²) in [5.41, 5.74) is 3.91. The lowest BCUT2D eigenvalue weighted by molar-refractivity contribution is 0.0690. The van der Waals surface area contributed by atoms with Crippen molar-refractivity contribution in [3.8, 4) is 11.3 Å². The van der Waals surface area contributed by atoms with Crippen LogP contribution in [0.5, 0.6) is 0 Å². The van der Waals surface area contributed by atoms with E-state index in [1.54, 1.807) is 0 Å². The van der Waals surface area contributed by atoms with Crippen molar-refractivity contribution in [2.45, 2.75) is 13.2 Å². The van der Waals surface area contributed by atoms with Crippen LogP contribution in [-0.2, 0) is 18.0 Å². The Bertz CT molecular complexity index is 589. The molecule has 3 rings (SSSR count). The number of rotatable bonds is 2. The predicted octanol–water partition coefficient (Wildman–Crippen LogP) is 1.81. The maximum atomic E-state index is 10.8. The van der Waals surface area contributed by atoms with Crippen LogP contribution in [0.2, 0.25) is 0 Å². The fraction of sp³-hybridized carbons (Fsp3) is 0.167. The number of nitrogens with one attached hydrogen (secondary N) is 1. The van der Waals surface area contributed by atoms with Gasteiger partial charge in [-0.2, -0.15) is 5.10 Å². The summed E-state index contributed by atoms with van der Waals surface area (Å²) < 4.78 is 5.38. The summed E-state index contributed by atoms with van der Waals surface area (Å²) in [6.45, 7) is 1.17. The number of carbonyl (C=O) groups is 1. The highest BCUT2D eigenvalue weighted by Crippen LogP contribution is 2.30. The summed E-state index contributed by atoms with van der Waals surface area (Å²) in [5.74, 6) is -1.01. The van der Waals surface area contributed by atoms with Crippen molar-refractivity contribution < 1.29 is 14.6 Å². The Kier molecular flexibility index (Phi) is 2.19. The molecule has 0 amide bonds. The van der Waals surface area contributed by atoms with Gasteiger partial charge in [-0.25, -0.2) is 4.79 Å². The number of carboxylic acids is 1. The van der Waals surface area contributed by atoms with Gasteiger partial charge in [-0.05, 0) is 17.2 Å². The second-order valence-corrected chi connectivity index (χ2v) is 3.91. The molecule has 5 heteroatoms. The van der Waals surface area contributed by atoms with Gasteiger partial charge >= 0.3 is 5.97 Å². The van der Waals surface area contributed by atoms with Crippen LogP contribution in [0.1, 0.15) is 21.6 Å². The Labute approximate surface area is 97.0 Å². The number of hydrogen-bond donors (Lipinski definition) is 2. The van der Waals surface area contributed by atoms with Gasteiger partial charge in [-0.3, -0.25) is 5.10 Å².